The third-order valence-corrected chi connectivity index (χ3v) is 4.44. The number of piperidine rings is 1. The molecule has 1 aliphatic rings. The van der Waals surface area contributed by atoms with Gasteiger partial charge < -0.3 is 0 Å². The molecule has 0 radical (unpaired) electrons. The number of rotatable bonds is 4. The summed E-state index contributed by atoms with van der Waals surface area (Å²) in [6.45, 7) is 8.07. The van der Waals surface area contributed by atoms with Gasteiger partial charge in [0.05, 0.1) is 6.54 Å². The largest absolute Gasteiger partial charge is 0.298 e. The first-order chi connectivity index (χ1) is 9.47. The van der Waals surface area contributed by atoms with Crippen LogP contribution in [0.3, 0.4) is 0 Å². The number of carbonyl (C=O) groups excluding carboxylic acids is 1. The van der Waals surface area contributed by atoms with E-state index in [1.165, 1.54) is 12.5 Å². The molecule has 0 aliphatic carbocycles. The lowest BCUT2D eigenvalue weighted by Crippen LogP contribution is -2.48. The van der Waals surface area contributed by atoms with Crippen LogP contribution in [-0.2, 0) is 11.2 Å². The van der Waals surface area contributed by atoms with Gasteiger partial charge >= 0.3 is 0 Å². The van der Waals surface area contributed by atoms with Crippen molar-refractivity contribution in [1.29, 1.82) is 0 Å². The van der Waals surface area contributed by atoms with Gasteiger partial charge in [0.25, 0.3) is 0 Å². The van der Waals surface area contributed by atoms with Gasteiger partial charge in [-0.05, 0) is 36.8 Å². The predicted molar refractivity (Wildman–Crippen MR) is 79.1 cm³/mol. The summed E-state index contributed by atoms with van der Waals surface area (Å²) in [5.74, 6) is 1.06. The van der Waals surface area contributed by atoms with Gasteiger partial charge in [-0.3, -0.25) is 9.69 Å². The van der Waals surface area contributed by atoms with E-state index in [1.807, 2.05) is 0 Å². The fourth-order valence-corrected chi connectivity index (χ4v) is 3.18. The summed E-state index contributed by atoms with van der Waals surface area (Å²) in [5.41, 5.74) is 0.503. The molecule has 20 heavy (non-hydrogen) atoms. The fourth-order valence-electron chi connectivity index (χ4n) is 3.18. The zero-order valence-electron chi connectivity index (χ0n) is 12.6. The van der Waals surface area contributed by atoms with Crippen LogP contribution in [-0.4, -0.2) is 29.8 Å². The molecule has 1 aromatic carbocycles. The summed E-state index contributed by atoms with van der Waals surface area (Å²) in [7, 11) is 0. The topological polar surface area (TPSA) is 20.3 Å². The first-order valence-corrected chi connectivity index (χ1v) is 7.46. The van der Waals surface area contributed by atoms with Crippen molar-refractivity contribution in [2.45, 2.75) is 39.7 Å². The number of halogens is 1. The number of hydrogen-bond donors (Lipinski definition) is 0. The second kappa shape index (κ2) is 6.49. The molecule has 2 nitrogen and oxygen atoms in total. The van der Waals surface area contributed by atoms with Crippen molar-refractivity contribution < 1.29 is 9.18 Å². The van der Waals surface area contributed by atoms with E-state index in [1.54, 1.807) is 18.2 Å². The lowest BCUT2D eigenvalue weighted by Gasteiger charge is -2.40. The number of Topliss-reactive ketones (excluding diaryl/α,β-unsaturated/α-hetero) is 1. The summed E-state index contributed by atoms with van der Waals surface area (Å²) < 4.78 is 13.6. The standard InChI is InChI=1S/C17H24FNO/c1-12-8-13(2)14(3)19(10-12)11-16(20)9-15-6-4-5-7-17(15)18/h4-7,12-14H,8-11H2,1-3H3. The quantitative estimate of drug-likeness (QED) is 0.841. The van der Waals surface area contributed by atoms with Gasteiger partial charge in [0, 0.05) is 19.0 Å². The third-order valence-electron chi connectivity index (χ3n) is 4.44. The van der Waals surface area contributed by atoms with E-state index in [9.17, 15) is 9.18 Å². The molecule has 3 unspecified atom stereocenters. The summed E-state index contributed by atoms with van der Waals surface area (Å²) in [5, 5.41) is 0. The zero-order valence-corrected chi connectivity index (χ0v) is 12.6. The maximum atomic E-state index is 13.6. The fraction of sp³-hybridized carbons (Fsp3) is 0.588. The summed E-state index contributed by atoms with van der Waals surface area (Å²) in [4.78, 5) is 14.4. The number of hydrogen-bond acceptors (Lipinski definition) is 2. The van der Waals surface area contributed by atoms with E-state index in [2.05, 4.69) is 25.7 Å². The highest BCUT2D eigenvalue weighted by atomic mass is 19.1. The smallest absolute Gasteiger partial charge is 0.151 e. The number of nitrogens with zero attached hydrogens (tertiary/aromatic N) is 1. The SMILES string of the molecule is CC1CC(C)C(C)N(CC(=O)Cc2ccccc2F)C1. The summed E-state index contributed by atoms with van der Waals surface area (Å²) >= 11 is 0. The maximum Gasteiger partial charge on any atom is 0.151 e. The minimum atomic E-state index is -0.283. The first-order valence-electron chi connectivity index (χ1n) is 7.46. The molecule has 3 atom stereocenters. The highest BCUT2D eigenvalue weighted by Gasteiger charge is 2.29. The number of ketones is 1. The monoisotopic (exact) mass is 277 g/mol. The predicted octanol–water partition coefficient (Wildman–Crippen LogP) is 3.30. The van der Waals surface area contributed by atoms with Crippen molar-refractivity contribution in [2.75, 3.05) is 13.1 Å². The molecule has 0 N–H and O–H groups in total. The number of likely N-dealkylation sites (tertiary alicyclic amines) is 1. The Bertz CT molecular complexity index is 474. The van der Waals surface area contributed by atoms with Crippen LogP contribution in [0, 0.1) is 17.7 Å². The van der Waals surface area contributed by atoms with Crippen molar-refractivity contribution >= 4 is 5.78 Å². The van der Waals surface area contributed by atoms with Gasteiger partial charge in [-0.2, -0.15) is 0 Å². The molecular formula is C17H24FNO. The molecule has 1 aromatic rings. The first kappa shape index (κ1) is 15.2. The second-order valence-electron chi connectivity index (χ2n) is 6.30. The normalized spacial score (nSPS) is 27.5. The van der Waals surface area contributed by atoms with Crippen LogP contribution >= 0.6 is 0 Å². The summed E-state index contributed by atoms with van der Waals surface area (Å²) in [6, 6.07) is 6.96. The van der Waals surface area contributed by atoms with Gasteiger partial charge in [-0.1, -0.05) is 32.0 Å². The molecule has 3 heteroatoms. The number of carbonyl (C=O) groups is 1. The Labute approximate surface area is 121 Å². The van der Waals surface area contributed by atoms with Crippen LogP contribution in [0.15, 0.2) is 24.3 Å². The van der Waals surface area contributed by atoms with Crippen LogP contribution in [0.25, 0.3) is 0 Å². The van der Waals surface area contributed by atoms with Crippen LogP contribution in [0.4, 0.5) is 4.39 Å². The Hall–Kier alpha value is -1.22. The van der Waals surface area contributed by atoms with Gasteiger partial charge in [-0.15, -0.1) is 0 Å². The van der Waals surface area contributed by atoms with Gasteiger partial charge in [-0.25, -0.2) is 4.39 Å². The average molecular weight is 277 g/mol. The molecule has 0 bridgehead atoms. The van der Waals surface area contributed by atoms with Crippen LogP contribution in [0.2, 0.25) is 0 Å². The van der Waals surface area contributed by atoms with Crippen molar-refractivity contribution in [3.63, 3.8) is 0 Å². The van der Waals surface area contributed by atoms with Crippen molar-refractivity contribution in [3.05, 3.63) is 35.6 Å². The molecule has 2 rings (SSSR count). The molecule has 1 fully saturated rings. The lowest BCUT2D eigenvalue weighted by molar-refractivity contribution is -0.121. The van der Waals surface area contributed by atoms with E-state index in [0.29, 0.717) is 30.0 Å². The van der Waals surface area contributed by atoms with Crippen molar-refractivity contribution in [3.8, 4) is 0 Å². The molecule has 0 amide bonds. The molecular weight excluding hydrogens is 253 g/mol. The van der Waals surface area contributed by atoms with Gasteiger partial charge in [0.15, 0.2) is 5.78 Å². The van der Waals surface area contributed by atoms with Crippen LogP contribution in [0.5, 0.6) is 0 Å². The molecule has 1 aliphatic heterocycles. The Balaban J connectivity index is 1.96. The van der Waals surface area contributed by atoms with Gasteiger partial charge in [0.2, 0.25) is 0 Å². The van der Waals surface area contributed by atoms with E-state index in [4.69, 9.17) is 0 Å². The van der Waals surface area contributed by atoms with E-state index >= 15 is 0 Å². The molecule has 1 saturated heterocycles. The Morgan fingerprint density at radius 2 is 2.00 bits per heavy atom. The summed E-state index contributed by atoms with van der Waals surface area (Å²) in [6.07, 6.45) is 1.41. The Kier molecular flexibility index (Phi) is 4.92. The van der Waals surface area contributed by atoms with E-state index in [0.717, 1.165) is 6.54 Å². The van der Waals surface area contributed by atoms with Crippen LogP contribution in [0.1, 0.15) is 32.8 Å². The van der Waals surface area contributed by atoms with Crippen LogP contribution < -0.4 is 0 Å². The van der Waals surface area contributed by atoms with E-state index < -0.39 is 0 Å². The second-order valence-corrected chi connectivity index (χ2v) is 6.30. The highest BCUT2D eigenvalue weighted by molar-refractivity contribution is 5.82. The molecule has 0 spiro atoms. The number of benzene rings is 1. The Morgan fingerprint density at radius 1 is 1.30 bits per heavy atom. The van der Waals surface area contributed by atoms with E-state index in [-0.39, 0.29) is 18.0 Å². The third kappa shape index (κ3) is 3.66. The van der Waals surface area contributed by atoms with Gasteiger partial charge in [0.1, 0.15) is 5.82 Å². The Morgan fingerprint density at radius 3 is 2.70 bits per heavy atom. The van der Waals surface area contributed by atoms with Crippen molar-refractivity contribution in [2.24, 2.45) is 11.8 Å². The molecule has 0 aromatic heterocycles. The average Bonchev–Trinajstić information content (AvgIpc) is 2.38. The maximum absolute atomic E-state index is 13.6. The lowest BCUT2D eigenvalue weighted by atomic mass is 9.86. The molecule has 1 heterocycles. The minimum absolute atomic E-state index is 0.100. The highest BCUT2D eigenvalue weighted by Crippen LogP contribution is 2.26. The molecule has 0 saturated carbocycles. The minimum Gasteiger partial charge on any atom is -0.298 e. The molecule has 110 valence electrons. The van der Waals surface area contributed by atoms with Crippen molar-refractivity contribution in [1.82, 2.24) is 4.90 Å². The zero-order chi connectivity index (χ0) is 14.7.